The Bertz CT molecular complexity index is 1570. The number of rotatable bonds is 2. The van der Waals surface area contributed by atoms with Gasteiger partial charge in [-0.15, -0.1) is 0 Å². The number of hydrogen-bond donors (Lipinski definition) is 0. The summed E-state index contributed by atoms with van der Waals surface area (Å²) in [6, 6.07) is 13.9. The molecule has 0 bridgehead atoms. The number of aryl methyl sites for hydroxylation is 1. The van der Waals surface area contributed by atoms with E-state index in [0.29, 0.717) is 17.2 Å². The zero-order chi connectivity index (χ0) is 21.2. The van der Waals surface area contributed by atoms with Crippen LogP contribution in [0.5, 0.6) is 0 Å². The van der Waals surface area contributed by atoms with Crippen LogP contribution in [0.15, 0.2) is 68.8 Å². The number of benzene rings is 2. The number of para-hydroxylation sites is 1. The third-order valence-electron chi connectivity index (χ3n) is 5.20. The molecule has 5 aromatic rings. The van der Waals surface area contributed by atoms with E-state index in [1.807, 2.05) is 24.3 Å². The highest BCUT2D eigenvalue weighted by atomic mass is 79.9. The van der Waals surface area contributed by atoms with Crippen LogP contribution in [0, 0.1) is 5.82 Å². The number of halogens is 2. The molecule has 0 aliphatic rings. The van der Waals surface area contributed by atoms with Gasteiger partial charge in [-0.3, -0.25) is 22.9 Å². The first-order chi connectivity index (χ1) is 14.4. The van der Waals surface area contributed by atoms with E-state index in [4.69, 9.17) is 0 Å². The van der Waals surface area contributed by atoms with Gasteiger partial charge in [-0.05, 0) is 24.3 Å². The van der Waals surface area contributed by atoms with Gasteiger partial charge >= 0.3 is 5.69 Å². The second-order valence-electron chi connectivity index (χ2n) is 6.97. The summed E-state index contributed by atoms with van der Waals surface area (Å²) >= 11 is 3.42. The van der Waals surface area contributed by atoms with Gasteiger partial charge in [-0.1, -0.05) is 40.2 Å². The van der Waals surface area contributed by atoms with Crippen molar-refractivity contribution in [2.45, 2.75) is 0 Å². The first-order valence-electron chi connectivity index (χ1n) is 9.09. The van der Waals surface area contributed by atoms with Crippen molar-refractivity contribution in [1.29, 1.82) is 0 Å². The largest absolute Gasteiger partial charge is 0.332 e. The molecule has 0 spiro atoms. The van der Waals surface area contributed by atoms with Crippen molar-refractivity contribution in [1.82, 2.24) is 23.1 Å². The second kappa shape index (κ2) is 6.53. The zero-order valence-corrected chi connectivity index (χ0v) is 17.6. The predicted molar refractivity (Wildman–Crippen MR) is 116 cm³/mol. The zero-order valence-electron chi connectivity index (χ0n) is 16.0. The molecule has 0 atom stereocenters. The number of nitrogens with zero attached hydrogens (tertiary/aromatic N) is 5. The summed E-state index contributed by atoms with van der Waals surface area (Å²) in [5.74, 6) is -0.0888. The van der Waals surface area contributed by atoms with E-state index in [2.05, 4.69) is 20.9 Å². The summed E-state index contributed by atoms with van der Waals surface area (Å²) in [5.41, 5.74) is 1.33. The molecule has 0 aliphatic heterocycles. The lowest BCUT2D eigenvalue weighted by atomic mass is 10.1. The Balaban J connectivity index is 1.99. The molecule has 0 aliphatic carbocycles. The van der Waals surface area contributed by atoms with Crippen molar-refractivity contribution in [3.8, 4) is 16.9 Å². The van der Waals surface area contributed by atoms with Gasteiger partial charge in [0.05, 0.1) is 11.4 Å². The van der Waals surface area contributed by atoms with E-state index >= 15 is 0 Å². The Hall–Kier alpha value is -3.46. The van der Waals surface area contributed by atoms with Crippen molar-refractivity contribution in [3.63, 3.8) is 0 Å². The van der Waals surface area contributed by atoms with Crippen LogP contribution in [0.3, 0.4) is 0 Å². The molecule has 2 aromatic carbocycles. The minimum absolute atomic E-state index is 0.241. The maximum atomic E-state index is 14.8. The SMILES string of the molecule is Cn1c(=O)c2c(nc3n(-c4ccccc4F)c(-c4ccc(Br)cc4)cn23)n(C)c1=O. The molecule has 0 amide bonds. The maximum Gasteiger partial charge on any atom is 0.332 e. The van der Waals surface area contributed by atoms with Crippen LogP contribution in [0.25, 0.3) is 33.9 Å². The second-order valence-corrected chi connectivity index (χ2v) is 7.88. The Morgan fingerprint density at radius 3 is 2.37 bits per heavy atom. The highest BCUT2D eigenvalue weighted by molar-refractivity contribution is 9.10. The van der Waals surface area contributed by atoms with Gasteiger partial charge in [0.1, 0.15) is 5.82 Å². The van der Waals surface area contributed by atoms with Crippen LogP contribution < -0.4 is 11.2 Å². The molecule has 5 rings (SSSR count). The average molecular weight is 468 g/mol. The van der Waals surface area contributed by atoms with Crippen LogP contribution in [0.4, 0.5) is 4.39 Å². The fourth-order valence-electron chi connectivity index (χ4n) is 3.67. The third kappa shape index (κ3) is 2.51. The fraction of sp³-hybridized carbons (Fsp3) is 0.0952. The van der Waals surface area contributed by atoms with Crippen molar-refractivity contribution in [3.05, 3.63) is 85.9 Å². The van der Waals surface area contributed by atoms with E-state index in [-0.39, 0.29) is 11.2 Å². The first kappa shape index (κ1) is 18.6. The first-order valence-corrected chi connectivity index (χ1v) is 9.88. The van der Waals surface area contributed by atoms with Gasteiger partial charge < -0.3 is 0 Å². The fourth-order valence-corrected chi connectivity index (χ4v) is 3.93. The van der Waals surface area contributed by atoms with Gasteiger partial charge in [-0.25, -0.2) is 9.18 Å². The molecule has 7 nitrogen and oxygen atoms in total. The summed E-state index contributed by atoms with van der Waals surface area (Å²) in [7, 11) is 2.98. The lowest BCUT2D eigenvalue weighted by Crippen LogP contribution is -2.37. The molecule has 3 aromatic heterocycles. The molecule has 0 saturated heterocycles. The van der Waals surface area contributed by atoms with Gasteiger partial charge in [-0.2, -0.15) is 4.98 Å². The van der Waals surface area contributed by atoms with E-state index in [1.54, 1.807) is 40.4 Å². The molecule has 150 valence electrons. The summed E-state index contributed by atoms with van der Waals surface area (Å²) in [4.78, 5) is 29.8. The third-order valence-corrected chi connectivity index (χ3v) is 5.73. The Morgan fingerprint density at radius 1 is 0.967 bits per heavy atom. The topological polar surface area (TPSA) is 66.2 Å². The van der Waals surface area contributed by atoms with Crippen LogP contribution >= 0.6 is 15.9 Å². The number of imidazole rings is 2. The normalized spacial score (nSPS) is 11.6. The van der Waals surface area contributed by atoms with Gasteiger partial charge in [0, 0.05) is 30.3 Å². The molecular weight excluding hydrogens is 453 g/mol. The van der Waals surface area contributed by atoms with Gasteiger partial charge in [0.25, 0.3) is 5.56 Å². The molecule has 0 radical (unpaired) electrons. The summed E-state index contributed by atoms with van der Waals surface area (Å²) in [6.07, 6.45) is 1.74. The van der Waals surface area contributed by atoms with Gasteiger partial charge in [0.2, 0.25) is 5.78 Å². The minimum atomic E-state index is -0.473. The Kier molecular flexibility index (Phi) is 4.04. The van der Waals surface area contributed by atoms with Gasteiger partial charge in [0.15, 0.2) is 11.2 Å². The van der Waals surface area contributed by atoms with Crippen LogP contribution in [0.1, 0.15) is 0 Å². The van der Waals surface area contributed by atoms with Crippen LogP contribution in [-0.4, -0.2) is 23.1 Å². The average Bonchev–Trinajstić information content (AvgIpc) is 3.28. The monoisotopic (exact) mass is 467 g/mol. The predicted octanol–water partition coefficient (Wildman–Crippen LogP) is 3.24. The summed E-state index contributed by atoms with van der Waals surface area (Å²) in [6.45, 7) is 0. The van der Waals surface area contributed by atoms with E-state index in [0.717, 1.165) is 14.6 Å². The van der Waals surface area contributed by atoms with Crippen molar-refractivity contribution < 1.29 is 4.39 Å². The minimum Gasteiger partial charge on any atom is -0.279 e. The smallest absolute Gasteiger partial charge is 0.279 e. The highest BCUT2D eigenvalue weighted by Gasteiger charge is 2.22. The van der Waals surface area contributed by atoms with E-state index in [9.17, 15) is 14.0 Å². The number of hydrogen-bond acceptors (Lipinski definition) is 3. The molecule has 3 heterocycles. The molecule has 0 fully saturated rings. The maximum absolute atomic E-state index is 14.8. The lowest BCUT2D eigenvalue weighted by Gasteiger charge is -2.10. The molecule has 0 saturated carbocycles. The Morgan fingerprint density at radius 2 is 1.67 bits per heavy atom. The van der Waals surface area contributed by atoms with Crippen molar-refractivity contribution >= 4 is 32.9 Å². The van der Waals surface area contributed by atoms with Crippen molar-refractivity contribution in [2.75, 3.05) is 0 Å². The van der Waals surface area contributed by atoms with Crippen LogP contribution in [-0.2, 0) is 14.1 Å². The summed E-state index contributed by atoms with van der Waals surface area (Å²) < 4.78 is 21.3. The lowest BCUT2D eigenvalue weighted by molar-refractivity contribution is 0.619. The number of aromatic nitrogens is 5. The highest BCUT2D eigenvalue weighted by Crippen LogP contribution is 2.30. The van der Waals surface area contributed by atoms with E-state index < -0.39 is 17.1 Å². The van der Waals surface area contributed by atoms with Crippen LogP contribution in [0.2, 0.25) is 0 Å². The quantitative estimate of drug-likeness (QED) is 0.400. The molecule has 9 heteroatoms. The Labute approximate surface area is 177 Å². The molecule has 0 unspecified atom stereocenters. The summed E-state index contributed by atoms with van der Waals surface area (Å²) in [5, 5.41) is 0. The molecule has 30 heavy (non-hydrogen) atoms. The molecular formula is C21H15BrFN5O2. The number of fused-ring (bicyclic) bond motifs is 3. The standard InChI is InChI=1S/C21H15BrFN5O2/c1-25-18-17(19(29)26(2)21(25)30)27-11-16(12-7-9-13(22)10-8-12)28(20(27)24-18)15-6-4-3-5-14(15)23/h3-11H,1-2H3. The van der Waals surface area contributed by atoms with Crippen molar-refractivity contribution in [2.24, 2.45) is 14.1 Å². The molecule has 0 N–H and O–H groups in total. The van der Waals surface area contributed by atoms with E-state index in [1.165, 1.54) is 17.7 Å².